The Balaban J connectivity index is 1.50. The molecule has 3 fully saturated rings. The van der Waals surface area contributed by atoms with Crippen LogP contribution in [-0.4, -0.2) is 36.7 Å². The highest BCUT2D eigenvalue weighted by Crippen LogP contribution is 2.32. The Kier molecular flexibility index (Phi) is 3.91. The fourth-order valence-corrected chi connectivity index (χ4v) is 4.24. The minimum absolute atomic E-state index is 0.653. The van der Waals surface area contributed by atoms with Crippen molar-refractivity contribution >= 4 is 16.9 Å². The molecular formula is C13H22N2OS. The van der Waals surface area contributed by atoms with Crippen molar-refractivity contribution < 1.29 is 4.74 Å². The van der Waals surface area contributed by atoms with Crippen molar-refractivity contribution in [3.05, 3.63) is 0 Å². The van der Waals surface area contributed by atoms with Crippen LogP contribution in [0.15, 0.2) is 4.99 Å². The Labute approximate surface area is 108 Å². The van der Waals surface area contributed by atoms with Gasteiger partial charge in [0.05, 0.1) is 6.61 Å². The van der Waals surface area contributed by atoms with Crippen LogP contribution in [0.1, 0.15) is 32.1 Å². The maximum atomic E-state index is 5.49. The third-order valence-electron chi connectivity index (χ3n) is 4.15. The number of nitrogens with zero attached hydrogens (tertiary/aromatic N) is 1. The first-order valence-electron chi connectivity index (χ1n) is 6.93. The summed E-state index contributed by atoms with van der Waals surface area (Å²) in [4.78, 5) is 4.76. The van der Waals surface area contributed by atoms with Crippen LogP contribution < -0.4 is 5.32 Å². The maximum absolute atomic E-state index is 5.49. The van der Waals surface area contributed by atoms with Gasteiger partial charge < -0.3 is 10.1 Å². The van der Waals surface area contributed by atoms with Crippen molar-refractivity contribution in [1.29, 1.82) is 0 Å². The zero-order valence-corrected chi connectivity index (χ0v) is 11.2. The molecule has 0 amide bonds. The fraction of sp³-hybridized carbons (Fsp3) is 0.923. The molecule has 0 radical (unpaired) electrons. The van der Waals surface area contributed by atoms with E-state index in [9.17, 15) is 0 Å². The maximum Gasteiger partial charge on any atom is 0.156 e. The first-order valence-corrected chi connectivity index (χ1v) is 7.92. The summed E-state index contributed by atoms with van der Waals surface area (Å²) in [6, 6.07) is 0.720. The minimum Gasteiger partial charge on any atom is -0.381 e. The highest BCUT2D eigenvalue weighted by molar-refractivity contribution is 8.13. The zero-order chi connectivity index (χ0) is 11.5. The van der Waals surface area contributed by atoms with E-state index in [1.165, 1.54) is 43.0 Å². The molecule has 1 aliphatic carbocycles. The Bertz CT molecular complexity index is 289. The molecule has 2 aliphatic heterocycles. The summed E-state index contributed by atoms with van der Waals surface area (Å²) >= 11 is 1.93. The number of ether oxygens (including phenoxy) is 1. The molecule has 0 aromatic carbocycles. The van der Waals surface area contributed by atoms with Gasteiger partial charge in [-0.1, -0.05) is 18.2 Å². The second-order valence-electron chi connectivity index (χ2n) is 5.48. The van der Waals surface area contributed by atoms with Gasteiger partial charge in [-0.05, 0) is 31.6 Å². The molecule has 3 nitrogen and oxygen atoms in total. The number of rotatable bonds is 2. The van der Waals surface area contributed by atoms with Gasteiger partial charge in [0, 0.05) is 30.9 Å². The quantitative estimate of drug-likeness (QED) is 0.821. The first-order chi connectivity index (χ1) is 8.42. The summed E-state index contributed by atoms with van der Waals surface area (Å²) < 4.78 is 5.49. The van der Waals surface area contributed by atoms with Gasteiger partial charge in [-0.2, -0.15) is 0 Å². The van der Waals surface area contributed by atoms with E-state index in [0.29, 0.717) is 5.92 Å². The van der Waals surface area contributed by atoms with Crippen LogP contribution in [0.5, 0.6) is 0 Å². The highest BCUT2D eigenvalue weighted by Gasteiger charge is 2.32. The van der Waals surface area contributed by atoms with E-state index in [1.54, 1.807) is 0 Å². The van der Waals surface area contributed by atoms with Gasteiger partial charge >= 0.3 is 0 Å². The van der Waals surface area contributed by atoms with Crippen molar-refractivity contribution in [3.63, 3.8) is 0 Å². The SMILES string of the molecule is C1COCC(CN=C2NC3CCCC3CS2)C1. The number of aliphatic imine (C=N–C) groups is 1. The van der Waals surface area contributed by atoms with Gasteiger partial charge in [0.15, 0.2) is 5.17 Å². The Morgan fingerprint density at radius 1 is 1.29 bits per heavy atom. The summed E-state index contributed by atoms with van der Waals surface area (Å²) in [6.07, 6.45) is 6.64. The van der Waals surface area contributed by atoms with Crippen LogP contribution in [0.4, 0.5) is 0 Å². The molecule has 17 heavy (non-hydrogen) atoms. The molecule has 0 aromatic heterocycles. The molecule has 3 unspecified atom stereocenters. The minimum atomic E-state index is 0.653. The van der Waals surface area contributed by atoms with Crippen molar-refractivity contribution in [3.8, 4) is 0 Å². The van der Waals surface area contributed by atoms with Crippen LogP contribution >= 0.6 is 11.8 Å². The predicted octanol–water partition coefficient (Wildman–Crippen LogP) is 2.27. The molecule has 96 valence electrons. The Hall–Kier alpha value is -0.220. The van der Waals surface area contributed by atoms with Crippen molar-refractivity contribution in [2.75, 3.05) is 25.5 Å². The average molecular weight is 254 g/mol. The zero-order valence-electron chi connectivity index (χ0n) is 10.4. The van der Waals surface area contributed by atoms with Crippen molar-refractivity contribution in [1.82, 2.24) is 5.32 Å². The lowest BCUT2D eigenvalue weighted by Gasteiger charge is -2.28. The fourth-order valence-electron chi connectivity index (χ4n) is 3.07. The third kappa shape index (κ3) is 2.97. The number of nitrogens with one attached hydrogen (secondary N) is 1. The summed E-state index contributed by atoms with van der Waals surface area (Å²) in [5.74, 6) is 2.83. The second kappa shape index (κ2) is 5.61. The van der Waals surface area contributed by atoms with E-state index in [1.807, 2.05) is 11.8 Å². The second-order valence-corrected chi connectivity index (χ2v) is 6.49. The number of thioether (sulfide) groups is 1. The topological polar surface area (TPSA) is 33.6 Å². The first kappa shape index (κ1) is 11.8. The predicted molar refractivity (Wildman–Crippen MR) is 72.6 cm³/mol. The largest absolute Gasteiger partial charge is 0.381 e. The van der Waals surface area contributed by atoms with E-state index >= 15 is 0 Å². The molecular weight excluding hydrogens is 232 g/mol. The average Bonchev–Trinajstić information content (AvgIpc) is 2.85. The summed E-state index contributed by atoms with van der Waals surface area (Å²) in [7, 11) is 0. The van der Waals surface area contributed by atoms with Gasteiger partial charge in [0.1, 0.15) is 0 Å². The van der Waals surface area contributed by atoms with E-state index in [0.717, 1.165) is 31.7 Å². The van der Waals surface area contributed by atoms with E-state index in [2.05, 4.69) is 5.32 Å². The lowest BCUT2D eigenvalue weighted by molar-refractivity contribution is 0.0582. The molecule has 1 N–H and O–H groups in total. The van der Waals surface area contributed by atoms with Gasteiger partial charge in [-0.25, -0.2) is 0 Å². The number of hydrogen-bond donors (Lipinski definition) is 1. The highest BCUT2D eigenvalue weighted by atomic mass is 32.2. The Morgan fingerprint density at radius 3 is 3.18 bits per heavy atom. The lowest BCUT2D eigenvalue weighted by Crippen LogP contribution is -2.41. The van der Waals surface area contributed by atoms with Crippen LogP contribution in [0.25, 0.3) is 0 Å². The van der Waals surface area contributed by atoms with E-state index < -0.39 is 0 Å². The van der Waals surface area contributed by atoms with Crippen molar-refractivity contribution in [2.45, 2.75) is 38.1 Å². The van der Waals surface area contributed by atoms with Crippen LogP contribution in [-0.2, 0) is 4.74 Å². The summed E-state index contributed by atoms with van der Waals surface area (Å²) in [6.45, 7) is 2.81. The molecule has 3 rings (SSSR count). The molecule has 0 aromatic rings. The normalized spacial score (nSPS) is 40.0. The van der Waals surface area contributed by atoms with Gasteiger partial charge in [-0.15, -0.1) is 0 Å². The molecule has 0 spiro atoms. The van der Waals surface area contributed by atoms with Crippen LogP contribution in [0, 0.1) is 11.8 Å². The molecule has 2 saturated heterocycles. The van der Waals surface area contributed by atoms with E-state index in [4.69, 9.17) is 9.73 Å². The number of hydrogen-bond acceptors (Lipinski definition) is 3. The molecule has 1 saturated carbocycles. The van der Waals surface area contributed by atoms with Crippen LogP contribution in [0.2, 0.25) is 0 Å². The lowest BCUT2D eigenvalue weighted by atomic mass is 10.0. The summed E-state index contributed by atoms with van der Waals surface area (Å²) in [5, 5.41) is 4.82. The summed E-state index contributed by atoms with van der Waals surface area (Å²) in [5.41, 5.74) is 0. The van der Waals surface area contributed by atoms with E-state index in [-0.39, 0.29) is 0 Å². The molecule has 3 atom stereocenters. The molecule has 4 heteroatoms. The van der Waals surface area contributed by atoms with Gasteiger partial charge in [0.25, 0.3) is 0 Å². The number of amidine groups is 1. The standard InChI is InChI=1S/C13H22N2OS/c1-4-11-9-17-13(15-12(11)5-1)14-7-10-3-2-6-16-8-10/h10-12H,1-9H2,(H,14,15). The van der Waals surface area contributed by atoms with Gasteiger partial charge in [-0.3, -0.25) is 4.99 Å². The third-order valence-corrected chi connectivity index (χ3v) is 5.26. The van der Waals surface area contributed by atoms with Crippen molar-refractivity contribution in [2.24, 2.45) is 16.8 Å². The monoisotopic (exact) mass is 254 g/mol. The molecule has 3 aliphatic rings. The Morgan fingerprint density at radius 2 is 2.29 bits per heavy atom. The van der Waals surface area contributed by atoms with Crippen LogP contribution in [0.3, 0.4) is 0 Å². The number of fused-ring (bicyclic) bond motifs is 1. The molecule has 2 heterocycles. The van der Waals surface area contributed by atoms with Gasteiger partial charge in [0.2, 0.25) is 0 Å². The smallest absolute Gasteiger partial charge is 0.156 e. The molecule has 0 bridgehead atoms.